The third kappa shape index (κ3) is 2.30. The molecule has 0 amide bonds. The number of thiophene rings is 1. The third-order valence-electron chi connectivity index (χ3n) is 2.61. The summed E-state index contributed by atoms with van der Waals surface area (Å²) in [7, 11) is 1.59. The minimum atomic E-state index is 0.112. The first-order chi connectivity index (χ1) is 9.78. The number of hydrogen-bond donors (Lipinski definition) is 2. The molecule has 0 atom stereocenters. The summed E-state index contributed by atoms with van der Waals surface area (Å²) in [5.41, 5.74) is 0.501. The van der Waals surface area contributed by atoms with Crippen LogP contribution < -0.4 is 10.1 Å². The number of aromatic hydroxyl groups is 1. The van der Waals surface area contributed by atoms with E-state index >= 15 is 0 Å². The van der Waals surface area contributed by atoms with E-state index in [0.29, 0.717) is 17.3 Å². The number of methoxy groups -OCH3 is 1. The van der Waals surface area contributed by atoms with Gasteiger partial charge in [0, 0.05) is 0 Å². The Morgan fingerprint density at radius 1 is 1.25 bits per heavy atom. The van der Waals surface area contributed by atoms with Crippen LogP contribution in [0.4, 0.5) is 11.7 Å². The Balaban J connectivity index is 1.86. The van der Waals surface area contributed by atoms with Gasteiger partial charge in [-0.3, -0.25) is 0 Å². The summed E-state index contributed by atoms with van der Waals surface area (Å²) in [6.45, 7) is 0. The van der Waals surface area contributed by atoms with Crippen molar-refractivity contribution in [2.24, 2.45) is 0 Å². The highest BCUT2D eigenvalue weighted by Gasteiger charge is 2.15. The number of nitrogens with one attached hydrogen (secondary N) is 1. The average molecular weight is 289 g/mol. The molecule has 2 aromatic heterocycles. The zero-order valence-electron chi connectivity index (χ0n) is 10.5. The van der Waals surface area contributed by atoms with Crippen LogP contribution in [-0.4, -0.2) is 22.4 Å². The molecule has 1 aromatic carbocycles. The van der Waals surface area contributed by atoms with Gasteiger partial charge in [0.25, 0.3) is 5.89 Å². The highest BCUT2D eigenvalue weighted by molar-refractivity contribution is 7.13. The van der Waals surface area contributed by atoms with E-state index < -0.39 is 0 Å². The molecule has 0 aliphatic heterocycles. The number of hydrogen-bond acceptors (Lipinski definition) is 7. The second kappa shape index (κ2) is 5.22. The average Bonchev–Trinajstić information content (AvgIpc) is 3.09. The molecule has 0 aliphatic carbocycles. The van der Waals surface area contributed by atoms with Gasteiger partial charge in [0.05, 0.1) is 12.8 Å². The number of benzene rings is 1. The molecule has 6 nitrogen and oxygen atoms in total. The van der Waals surface area contributed by atoms with Crippen LogP contribution >= 0.6 is 11.3 Å². The standard InChI is InChI=1S/C13H11N3O3S/c1-18-10-6-7-20-11(10)12-15-16-13(19-12)14-8-4-2-3-5-9(8)17/h2-7,17H,1H3,(H,14,16). The lowest BCUT2D eigenvalue weighted by atomic mass is 10.3. The van der Waals surface area contributed by atoms with Gasteiger partial charge in [0.2, 0.25) is 0 Å². The van der Waals surface area contributed by atoms with Crippen LogP contribution in [0.15, 0.2) is 40.1 Å². The predicted molar refractivity (Wildman–Crippen MR) is 75.6 cm³/mol. The molecule has 0 aliphatic rings. The van der Waals surface area contributed by atoms with Gasteiger partial charge < -0.3 is 19.6 Å². The summed E-state index contributed by atoms with van der Waals surface area (Å²) in [5.74, 6) is 1.17. The fourth-order valence-electron chi connectivity index (χ4n) is 1.67. The van der Waals surface area contributed by atoms with Gasteiger partial charge in [0.1, 0.15) is 16.4 Å². The van der Waals surface area contributed by atoms with E-state index in [1.807, 2.05) is 11.4 Å². The van der Waals surface area contributed by atoms with Crippen molar-refractivity contribution in [1.82, 2.24) is 10.2 Å². The summed E-state index contributed by atoms with van der Waals surface area (Å²) in [4.78, 5) is 0.769. The Bertz CT molecular complexity index is 723. The molecule has 2 heterocycles. The molecular weight excluding hydrogens is 278 g/mol. The molecule has 3 rings (SSSR count). The van der Waals surface area contributed by atoms with E-state index in [-0.39, 0.29) is 11.8 Å². The lowest BCUT2D eigenvalue weighted by Gasteiger charge is -2.02. The van der Waals surface area contributed by atoms with Gasteiger partial charge in [-0.25, -0.2) is 0 Å². The van der Waals surface area contributed by atoms with Crippen LogP contribution in [0, 0.1) is 0 Å². The van der Waals surface area contributed by atoms with Crippen molar-refractivity contribution in [3.05, 3.63) is 35.7 Å². The zero-order valence-corrected chi connectivity index (χ0v) is 11.3. The normalized spacial score (nSPS) is 10.4. The maximum Gasteiger partial charge on any atom is 0.320 e. The van der Waals surface area contributed by atoms with Gasteiger partial charge in [-0.05, 0) is 23.6 Å². The van der Waals surface area contributed by atoms with Gasteiger partial charge in [0.15, 0.2) is 0 Å². The second-order valence-corrected chi connectivity index (χ2v) is 4.79. The Kier molecular flexibility index (Phi) is 3.26. The summed E-state index contributed by atoms with van der Waals surface area (Å²) in [6.07, 6.45) is 0. The van der Waals surface area contributed by atoms with Crippen LogP contribution in [0.25, 0.3) is 10.8 Å². The quantitative estimate of drug-likeness (QED) is 0.718. The minimum Gasteiger partial charge on any atom is -0.506 e. The number of ether oxygens (including phenoxy) is 1. The van der Waals surface area contributed by atoms with Gasteiger partial charge >= 0.3 is 6.01 Å². The molecule has 0 fully saturated rings. The molecule has 0 unspecified atom stereocenters. The topological polar surface area (TPSA) is 80.4 Å². The van der Waals surface area contributed by atoms with Crippen LogP contribution in [-0.2, 0) is 0 Å². The van der Waals surface area contributed by atoms with Gasteiger partial charge in [-0.15, -0.1) is 16.4 Å². The fourth-order valence-corrected chi connectivity index (χ4v) is 2.45. The zero-order chi connectivity index (χ0) is 13.9. The van der Waals surface area contributed by atoms with Crippen molar-refractivity contribution in [3.63, 3.8) is 0 Å². The monoisotopic (exact) mass is 289 g/mol. The van der Waals surface area contributed by atoms with E-state index in [0.717, 1.165) is 4.88 Å². The van der Waals surface area contributed by atoms with Gasteiger partial charge in [-0.2, -0.15) is 0 Å². The SMILES string of the molecule is COc1ccsc1-c1nnc(Nc2ccccc2O)o1. The number of rotatable bonds is 4. The molecule has 0 saturated carbocycles. The molecule has 0 radical (unpaired) electrons. The smallest absolute Gasteiger partial charge is 0.320 e. The van der Waals surface area contributed by atoms with Crippen molar-refractivity contribution in [2.75, 3.05) is 12.4 Å². The Hall–Kier alpha value is -2.54. The minimum absolute atomic E-state index is 0.112. The maximum absolute atomic E-state index is 9.67. The van der Waals surface area contributed by atoms with Gasteiger partial charge in [-0.1, -0.05) is 17.2 Å². The highest BCUT2D eigenvalue weighted by atomic mass is 32.1. The maximum atomic E-state index is 9.67. The summed E-state index contributed by atoms with van der Waals surface area (Å²) < 4.78 is 10.7. The highest BCUT2D eigenvalue weighted by Crippen LogP contribution is 2.35. The second-order valence-electron chi connectivity index (χ2n) is 3.87. The number of aromatic nitrogens is 2. The summed E-state index contributed by atoms with van der Waals surface area (Å²) >= 11 is 1.45. The predicted octanol–water partition coefficient (Wildman–Crippen LogP) is 3.26. The van der Waals surface area contributed by atoms with E-state index in [1.165, 1.54) is 11.3 Å². The summed E-state index contributed by atoms with van der Waals surface area (Å²) in [5, 5.41) is 22.3. The number of para-hydroxylation sites is 2. The molecule has 102 valence electrons. The Labute approximate surface area is 118 Å². The number of anilines is 2. The lowest BCUT2D eigenvalue weighted by molar-refractivity contribution is 0.416. The Morgan fingerprint density at radius 3 is 2.90 bits per heavy atom. The van der Waals surface area contributed by atoms with Crippen LogP contribution in [0.5, 0.6) is 11.5 Å². The first-order valence-electron chi connectivity index (χ1n) is 5.78. The van der Waals surface area contributed by atoms with E-state index in [1.54, 1.807) is 31.4 Å². The van der Waals surface area contributed by atoms with E-state index in [2.05, 4.69) is 15.5 Å². The molecule has 3 aromatic rings. The summed E-state index contributed by atoms with van der Waals surface area (Å²) in [6, 6.07) is 8.85. The van der Waals surface area contributed by atoms with Crippen LogP contribution in [0.3, 0.4) is 0 Å². The molecular formula is C13H11N3O3S. The largest absolute Gasteiger partial charge is 0.506 e. The third-order valence-corrected chi connectivity index (χ3v) is 3.50. The number of phenolic OH excluding ortho intramolecular Hbond substituents is 1. The molecule has 2 N–H and O–H groups in total. The molecule has 20 heavy (non-hydrogen) atoms. The van der Waals surface area contributed by atoms with Crippen LogP contribution in [0.2, 0.25) is 0 Å². The number of nitrogens with zero attached hydrogens (tertiary/aromatic N) is 2. The van der Waals surface area contributed by atoms with E-state index in [4.69, 9.17) is 9.15 Å². The van der Waals surface area contributed by atoms with Crippen LogP contribution in [0.1, 0.15) is 0 Å². The first kappa shape index (κ1) is 12.5. The Morgan fingerprint density at radius 2 is 2.10 bits per heavy atom. The molecule has 0 bridgehead atoms. The fraction of sp³-hybridized carbons (Fsp3) is 0.0769. The van der Waals surface area contributed by atoms with Crippen molar-refractivity contribution in [3.8, 4) is 22.3 Å². The van der Waals surface area contributed by atoms with E-state index in [9.17, 15) is 5.11 Å². The molecule has 0 saturated heterocycles. The lowest BCUT2D eigenvalue weighted by Crippen LogP contribution is -1.90. The van der Waals surface area contributed by atoms with Crippen molar-refractivity contribution in [2.45, 2.75) is 0 Å². The van der Waals surface area contributed by atoms with Crippen molar-refractivity contribution in [1.29, 1.82) is 0 Å². The van der Waals surface area contributed by atoms with Crippen molar-refractivity contribution < 1.29 is 14.3 Å². The first-order valence-corrected chi connectivity index (χ1v) is 6.66. The van der Waals surface area contributed by atoms with Crippen molar-refractivity contribution >= 4 is 23.0 Å². The number of phenols is 1. The molecule has 0 spiro atoms. The molecule has 7 heteroatoms.